The predicted molar refractivity (Wildman–Crippen MR) is 106 cm³/mol. The van der Waals surface area contributed by atoms with Crippen molar-refractivity contribution < 1.29 is 0 Å². The quantitative estimate of drug-likeness (QED) is 0.816. The maximum atomic E-state index is 9.85. The minimum absolute atomic E-state index is 0.165. The van der Waals surface area contributed by atoms with Gasteiger partial charge in [0.25, 0.3) is 0 Å². The molecule has 3 nitrogen and oxygen atoms in total. The van der Waals surface area contributed by atoms with Crippen molar-refractivity contribution >= 4 is 17.4 Å². The van der Waals surface area contributed by atoms with E-state index >= 15 is 0 Å². The van der Waals surface area contributed by atoms with Crippen molar-refractivity contribution in [2.45, 2.75) is 57.1 Å². The van der Waals surface area contributed by atoms with Crippen molar-refractivity contribution in [2.24, 2.45) is 0 Å². The summed E-state index contributed by atoms with van der Waals surface area (Å²) >= 11 is 1.96. The maximum Gasteiger partial charge on any atom is 0.101 e. The van der Waals surface area contributed by atoms with Crippen molar-refractivity contribution in [1.82, 2.24) is 4.98 Å². The number of benzene rings is 1. The molecule has 1 aromatic carbocycles. The molecule has 130 valence electrons. The Kier molecular flexibility index (Phi) is 5.06. The lowest BCUT2D eigenvalue weighted by Crippen LogP contribution is -2.27. The van der Waals surface area contributed by atoms with Gasteiger partial charge in [0.2, 0.25) is 0 Å². The van der Waals surface area contributed by atoms with Crippen LogP contribution in [-0.4, -0.2) is 9.73 Å². The van der Waals surface area contributed by atoms with Gasteiger partial charge in [-0.1, -0.05) is 45.9 Å². The number of hydrogen-bond donors (Lipinski definition) is 1. The normalized spacial score (nSPS) is 15.5. The van der Waals surface area contributed by atoms with Gasteiger partial charge in [-0.3, -0.25) is 4.98 Å². The van der Waals surface area contributed by atoms with E-state index in [-0.39, 0.29) is 4.75 Å². The molecule has 0 spiro atoms. The molecular weight excluding hydrogens is 326 g/mol. The maximum absolute atomic E-state index is 9.85. The molecule has 1 N–H and O–H groups in total. The number of nitrogens with one attached hydrogen (secondary N) is 1. The largest absolute Gasteiger partial charge is 0.379 e. The van der Waals surface area contributed by atoms with Gasteiger partial charge < -0.3 is 5.32 Å². The number of rotatable bonds is 4. The van der Waals surface area contributed by atoms with Gasteiger partial charge >= 0.3 is 0 Å². The topological polar surface area (TPSA) is 48.7 Å². The zero-order valence-corrected chi connectivity index (χ0v) is 16.2. The summed E-state index contributed by atoms with van der Waals surface area (Å²) in [5, 5.41) is 13.3. The van der Waals surface area contributed by atoms with Gasteiger partial charge in [-0.2, -0.15) is 17.0 Å². The lowest BCUT2D eigenvalue weighted by molar-refractivity contribution is 0.677. The molecule has 1 aliphatic rings. The highest BCUT2D eigenvalue weighted by Gasteiger charge is 2.31. The summed E-state index contributed by atoms with van der Waals surface area (Å²) in [6.45, 7) is 9.48. The van der Waals surface area contributed by atoms with Crippen molar-refractivity contribution in [1.29, 1.82) is 5.26 Å². The second-order valence-corrected chi connectivity index (χ2v) is 9.17. The first-order valence-electron chi connectivity index (χ1n) is 8.79. The summed E-state index contributed by atoms with van der Waals surface area (Å²) in [6, 6.07) is 12.5. The number of pyridine rings is 1. The predicted octanol–water partition coefficient (Wildman–Crippen LogP) is 5.26. The Morgan fingerprint density at radius 3 is 2.60 bits per heavy atom. The molecule has 0 atom stereocenters. The van der Waals surface area contributed by atoms with Crippen LogP contribution in [0.15, 0.2) is 30.3 Å². The smallest absolute Gasteiger partial charge is 0.101 e. The molecule has 4 heteroatoms. The summed E-state index contributed by atoms with van der Waals surface area (Å²) in [7, 11) is 0. The van der Waals surface area contributed by atoms with Crippen LogP contribution in [-0.2, 0) is 18.7 Å². The number of thioether (sulfide) groups is 1. The van der Waals surface area contributed by atoms with Crippen molar-refractivity contribution in [3.05, 3.63) is 58.4 Å². The minimum atomic E-state index is 0.165. The van der Waals surface area contributed by atoms with Crippen LogP contribution in [0.2, 0.25) is 0 Å². The van der Waals surface area contributed by atoms with E-state index in [4.69, 9.17) is 4.98 Å². The number of aromatic nitrogens is 1. The van der Waals surface area contributed by atoms with Crippen LogP contribution in [0.4, 0.5) is 5.69 Å². The van der Waals surface area contributed by atoms with Gasteiger partial charge in [-0.25, -0.2) is 0 Å². The Labute approximate surface area is 154 Å². The van der Waals surface area contributed by atoms with E-state index in [1.807, 2.05) is 42.1 Å². The number of nitrogens with zero attached hydrogens (tertiary/aromatic N) is 2. The molecule has 0 unspecified atom stereocenters. The summed E-state index contributed by atoms with van der Waals surface area (Å²) in [4.78, 5) is 4.92. The van der Waals surface area contributed by atoms with Crippen molar-refractivity contribution in [3.63, 3.8) is 0 Å². The van der Waals surface area contributed by atoms with E-state index in [0.29, 0.717) is 12.5 Å². The molecule has 0 amide bonds. The first-order valence-corrected chi connectivity index (χ1v) is 9.77. The highest BCUT2D eigenvalue weighted by atomic mass is 32.2. The van der Waals surface area contributed by atoms with E-state index in [1.54, 1.807) is 0 Å². The molecular formula is C21H25N3S. The van der Waals surface area contributed by atoms with Gasteiger partial charge in [0.05, 0.1) is 17.8 Å². The summed E-state index contributed by atoms with van der Waals surface area (Å²) in [6.07, 6.45) is 0.927. The van der Waals surface area contributed by atoms with Crippen LogP contribution in [0.1, 0.15) is 61.7 Å². The molecule has 25 heavy (non-hydrogen) atoms. The summed E-state index contributed by atoms with van der Waals surface area (Å²) in [5.74, 6) is 1.31. The standard InChI is InChI=1S/C21H25N3S/c1-14(2)20-18-13-25-21(3,4)10-16(18)17(11-22)19(24-20)12-23-15-8-6-5-7-9-15/h5-9,14,23H,10,12-13H2,1-4H3. The second kappa shape index (κ2) is 7.09. The average molecular weight is 352 g/mol. The van der Waals surface area contributed by atoms with Gasteiger partial charge in [0.15, 0.2) is 0 Å². The van der Waals surface area contributed by atoms with E-state index in [1.165, 1.54) is 11.1 Å². The minimum Gasteiger partial charge on any atom is -0.379 e. The first kappa shape index (κ1) is 17.8. The monoisotopic (exact) mass is 351 g/mol. The summed E-state index contributed by atoms with van der Waals surface area (Å²) in [5.41, 5.74) is 6.36. The van der Waals surface area contributed by atoms with E-state index in [2.05, 4.69) is 39.1 Å². The Morgan fingerprint density at radius 2 is 1.96 bits per heavy atom. The Balaban J connectivity index is 2.03. The zero-order chi connectivity index (χ0) is 18.0. The lowest BCUT2D eigenvalue weighted by atomic mass is 9.89. The molecule has 0 radical (unpaired) electrons. The number of para-hydroxylation sites is 1. The number of fused-ring (bicyclic) bond motifs is 1. The molecule has 0 fully saturated rings. The Bertz CT molecular complexity index is 804. The van der Waals surface area contributed by atoms with Crippen LogP contribution in [0.5, 0.6) is 0 Å². The van der Waals surface area contributed by atoms with Crippen LogP contribution < -0.4 is 5.32 Å². The van der Waals surface area contributed by atoms with Gasteiger partial charge in [-0.05, 0) is 35.6 Å². The average Bonchev–Trinajstić information content (AvgIpc) is 2.58. The van der Waals surface area contributed by atoms with E-state index in [9.17, 15) is 5.26 Å². The van der Waals surface area contributed by atoms with E-state index in [0.717, 1.165) is 34.8 Å². The van der Waals surface area contributed by atoms with Crippen molar-refractivity contribution in [3.8, 4) is 6.07 Å². The fraction of sp³-hybridized carbons (Fsp3) is 0.429. The van der Waals surface area contributed by atoms with Crippen LogP contribution in [0.3, 0.4) is 0 Å². The van der Waals surface area contributed by atoms with E-state index < -0.39 is 0 Å². The summed E-state index contributed by atoms with van der Waals surface area (Å²) < 4.78 is 0.165. The SMILES string of the molecule is CC(C)c1nc(CNc2ccccc2)c(C#N)c2c1CSC(C)(C)C2. The highest BCUT2D eigenvalue weighted by molar-refractivity contribution is 7.99. The molecule has 1 aromatic heterocycles. The fourth-order valence-corrected chi connectivity index (χ4v) is 4.43. The number of hydrogen-bond acceptors (Lipinski definition) is 4. The van der Waals surface area contributed by atoms with Crippen LogP contribution in [0, 0.1) is 11.3 Å². The third-order valence-corrected chi connectivity index (χ3v) is 5.98. The third-order valence-electron chi connectivity index (χ3n) is 4.62. The van der Waals surface area contributed by atoms with Crippen molar-refractivity contribution in [2.75, 3.05) is 5.32 Å². The van der Waals surface area contributed by atoms with Gasteiger partial charge in [-0.15, -0.1) is 0 Å². The molecule has 2 heterocycles. The zero-order valence-electron chi connectivity index (χ0n) is 15.4. The molecule has 0 saturated heterocycles. The van der Waals surface area contributed by atoms with Gasteiger partial charge in [0, 0.05) is 21.9 Å². The molecule has 2 aromatic rings. The highest BCUT2D eigenvalue weighted by Crippen LogP contribution is 2.42. The number of nitriles is 1. The lowest BCUT2D eigenvalue weighted by Gasteiger charge is -2.33. The Morgan fingerprint density at radius 1 is 1.24 bits per heavy atom. The first-order chi connectivity index (χ1) is 11.9. The molecule has 1 aliphatic heterocycles. The third kappa shape index (κ3) is 3.82. The van der Waals surface area contributed by atoms with Crippen LogP contribution >= 0.6 is 11.8 Å². The Hall–Kier alpha value is -1.99. The molecule has 3 rings (SSSR count). The second-order valence-electron chi connectivity index (χ2n) is 7.49. The van der Waals surface area contributed by atoms with Crippen LogP contribution in [0.25, 0.3) is 0 Å². The molecule has 0 aliphatic carbocycles. The molecule has 0 saturated carbocycles. The van der Waals surface area contributed by atoms with Gasteiger partial charge in [0.1, 0.15) is 6.07 Å². The number of anilines is 1. The fourth-order valence-electron chi connectivity index (χ4n) is 3.33. The molecule has 0 bridgehead atoms.